The van der Waals surface area contributed by atoms with Crippen molar-refractivity contribution in [3.63, 3.8) is 0 Å². The molecule has 0 amide bonds. The summed E-state index contributed by atoms with van der Waals surface area (Å²) in [4.78, 5) is 6.82. The number of benzene rings is 3. The molecule has 4 rings (SSSR count). The number of fused-ring (bicyclic) bond motifs is 1. The second-order valence-electron chi connectivity index (χ2n) is 6.72. The molecule has 4 aromatic rings. The Bertz CT molecular complexity index is 1000. The van der Waals surface area contributed by atoms with Gasteiger partial charge in [-0.05, 0) is 61.4 Å². The highest BCUT2D eigenvalue weighted by Crippen LogP contribution is 2.32. The number of aromatic nitrogens is 1. The van der Waals surface area contributed by atoms with Gasteiger partial charge in [-0.25, -0.2) is 0 Å². The third-order valence-electron chi connectivity index (χ3n) is 4.66. The van der Waals surface area contributed by atoms with E-state index in [2.05, 4.69) is 103 Å². The van der Waals surface area contributed by atoms with E-state index in [0.717, 1.165) is 5.52 Å². The first-order valence-electron chi connectivity index (χ1n) is 9.02. The first kappa shape index (κ1) is 16.3. The first-order chi connectivity index (χ1) is 12.7. The highest BCUT2D eigenvalue weighted by molar-refractivity contribution is 5.94. The normalized spacial score (nSPS) is 11.0. The van der Waals surface area contributed by atoms with E-state index in [1.54, 1.807) is 0 Å². The summed E-state index contributed by atoms with van der Waals surface area (Å²) in [5.74, 6) is 0. The molecule has 0 saturated heterocycles. The number of para-hydroxylation sites is 2. The van der Waals surface area contributed by atoms with Gasteiger partial charge in [-0.2, -0.15) is 0 Å². The lowest BCUT2D eigenvalue weighted by Gasteiger charge is -2.29. The molecule has 2 nitrogen and oxygen atoms in total. The molecule has 0 atom stereocenters. The highest BCUT2D eigenvalue weighted by Gasteiger charge is 2.13. The van der Waals surface area contributed by atoms with Crippen molar-refractivity contribution in [1.29, 1.82) is 0 Å². The molecular weight excluding hydrogens is 316 g/mol. The Morgan fingerprint density at radius 1 is 0.692 bits per heavy atom. The zero-order valence-corrected chi connectivity index (χ0v) is 15.1. The molecular formula is C24H22N2. The molecule has 1 aromatic heterocycles. The summed E-state index contributed by atoms with van der Waals surface area (Å²) in [5.41, 5.74) is 5.88. The van der Waals surface area contributed by atoms with E-state index < -0.39 is 0 Å². The standard InChI is InChI=1S/C24H22N2/c1-18(2)26(20-8-4-3-5-9-20)21-14-12-19(13-15-21)22-16-17-25-24-11-7-6-10-23(22)24/h3-18H,1-2H3. The number of hydrogen-bond acceptors (Lipinski definition) is 2. The average molecular weight is 338 g/mol. The van der Waals surface area contributed by atoms with E-state index in [4.69, 9.17) is 0 Å². The van der Waals surface area contributed by atoms with Gasteiger partial charge < -0.3 is 4.90 Å². The summed E-state index contributed by atoms with van der Waals surface area (Å²) in [6.45, 7) is 4.44. The summed E-state index contributed by atoms with van der Waals surface area (Å²) in [5, 5.41) is 1.19. The van der Waals surface area contributed by atoms with Gasteiger partial charge in [-0.1, -0.05) is 48.5 Å². The van der Waals surface area contributed by atoms with E-state index in [1.165, 1.54) is 27.9 Å². The van der Waals surface area contributed by atoms with Crippen LogP contribution in [0.15, 0.2) is 91.1 Å². The molecule has 26 heavy (non-hydrogen) atoms. The van der Waals surface area contributed by atoms with Gasteiger partial charge in [0.05, 0.1) is 5.52 Å². The summed E-state index contributed by atoms with van der Waals surface area (Å²) < 4.78 is 0. The monoisotopic (exact) mass is 338 g/mol. The predicted molar refractivity (Wildman–Crippen MR) is 111 cm³/mol. The van der Waals surface area contributed by atoms with E-state index in [9.17, 15) is 0 Å². The molecule has 0 unspecified atom stereocenters. The fourth-order valence-electron chi connectivity index (χ4n) is 3.48. The van der Waals surface area contributed by atoms with Crippen molar-refractivity contribution < 1.29 is 0 Å². The molecule has 0 spiro atoms. The van der Waals surface area contributed by atoms with Gasteiger partial charge >= 0.3 is 0 Å². The van der Waals surface area contributed by atoms with Crippen LogP contribution >= 0.6 is 0 Å². The van der Waals surface area contributed by atoms with Crippen molar-refractivity contribution in [2.24, 2.45) is 0 Å². The fourth-order valence-corrected chi connectivity index (χ4v) is 3.48. The lowest BCUT2D eigenvalue weighted by molar-refractivity contribution is 0.789. The van der Waals surface area contributed by atoms with Crippen LogP contribution in [0, 0.1) is 0 Å². The second-order valence-corrected chi connectivity index (χ2v) is 6.72. The number of hydrogen-bond donors (Lipinski definition) is 0. The summed E-state index contributed by atoms with van der Waals surface area (Å²) >= 11 is 0. The Hall–Kier alpha value is -3.13. The molecule has 0 radical (unpaired) electrons. The van der Waals surface area contributed by atoms with E-state index in [1.807, 2.05) is 12.3 Å². The zero-order chi connectivity index (χ0) is 17.9. The minimum atomic E-state index is 0.380. The maximum atomic E-state index is 4.47. The number of pyridine rings is 1. The number of rotatable bonds is 4. The van der Waals surface area contributed by atoms with Gasteiger partial charge in [0.15, 0.2) is 0 Å². The number of anilines is 2. The lowest BCUT2D eigenvalue weighted by atomic mass is 10.0. The van der Waals surface area contributed by atoms with Crippen molar-refractivity contribution in [3.05, 3.63) is 91.1 Å². The van der Waals surface area contributed by atoms with E-state index in [-0.39, 0.29) is 0 Å². The molecule has 1 heterocycles. The van der Waals surface area contributed by atoms with Crippen LogP contribution in [0.2, 0.25) is 0 Å². The molecule has 128 valence electrons. The van der Waals surface area contributed by atoms with Crippen LogP contribution in [-0.2, 0) is 0 Å². The molecule has 0 fully saturated rings. The van der Waals surface area contributed by atoms with Gasteiger partial charge in [-0.3, -0.25) is 4.98 Å². The van der Waals surface area contributed by atoms with Crippen LogP contribution in [0.1, 0.15) is 13.8 Å². The molecule has 3 aromatic carbocycles. The second kappa shape index (κ2) is 7.01. The minimum absolute atomic E-state index is 0.380. The lowest BCUT2D eigenvalue weighted by Crippen LogP contribution is -2.25. The van der Waals surface area contributed by atoms with Crippen LogP contribution in [0.25, 0.3) is 22.0 Å². The Kier molecular flexibility index (Phi) is 4.40. The summed E-state index contributed by atoms with van der Waals surface area (Å²) in [6.07, 6.45) is 1.88. The van der Waals surface area contributed by atoms with Gasteiger partial charge in [0.25, 0.3) is 0 Å². The quantitative estimate of drug-likeness (QED) is 0.425. The van der Waals surface area contributed by atoms with Crippen LogP contribution in [0.3, 0.4) is 0 Å². The van der Waals surface area contributed by atoms with Gasteiger partial charge in [0.2, 0.25) is 0 Å². The Morgan fingerprint density at radius 2 is 1.35 bits per heavy atom. The van der Waals surface area contributed by atoms with Crippen LogP contribution < -0.4 is 4.90 Å². The minimum Gasteiger partial charge on any atom is -0.339 e. The van der Waals surface area contributed by atoms with Crippen molar-refractivity contribution in [2.75, 3.05) is 4.90 Å². The third kappa shape index (κ3) is 3.06. The van der Waals surface area contributed by atoms with Gasteiger partial charge in [-0.15, -0.1) is 0 Å². The molecule has 0 bridgehead atoms. The Morgan fingerprint density at radius 3 is 2.08 bits per heavy atom. The Labute approximate surface area is 154 Å². The fraction of sp³-hybridized carbons (Fsp3) is 0.125. The smallest absolute Gasteiger partial charge is 0.0708 e. The molecule has 0 N–H and O–H groups in total. The molecule has 0 aliphatic rings. The van der Waals surface area contributed by atoms with E-state index in [0.29, 0.717) is 6.04 Å². The van der Waals surface area contributed by atoms with Crippen molar-refractivity contribution >= 4 is 22.3 Å². The Balaban J connectivity index is 1.74. The zero-order valence-electron chi connectivity index (χ0n) is 15.1. The van der Waals surface area contributed by atoms with Crippen LogP contribution in [0.4, 0.5) is 11.4 Å². The first-order valence-corrected chi connectivity index (χ1v) is 9.02. The van der Waals surface area contributed by atoms with Crippen LogP contribution in [0.5, 0.6) is 0 Å². The molecule has 2 heteroatoms. The molecule has 0 saturated carbocycles. The maximum Gasteiger partial charge on any atom is 0.0708 e. The van der Waals surface area contributed by atoms with Crippen LogP contribution in [-0.4, -0.2) is 11.0 Å². The largest absolute Gasteiger partial charge is 0.339 e. The topological polar surface area (TPSA) is 16.1 Å². The predicted octanol–water partition coefficient (Wildman–Crippen LogP) is 6.45. The van der Waals surface area contributed by atoms with Gasteiger partial charge in [0.1, 0.15) is 0 Å². The van der Waals surface area contributed by atoms with Crippen molar-refractivity contribution in [3.8, 4) is 11.1 Å². The third-order valence-corrected chi connectivity index (χ3v) is 4.66. The number of nitrogens with zero attached hydrogens (tertiary/aromatic N) is 2. The molecule has 0 aliphatic carbocycles. The SMILES string of the molecule is CC(C)N(c1ccccc1)c1ccc(-c2ccnc3ccccc23)cc1. The summed E-state index contributed by atoms with van der Waals surface area (Å²) in [7, 11) is 0. The molecule has 0 aliphatic heterocycles. The van der Waals surface area contributed by atoms with E-state index >= 15 is 0 Å². The highest BCUT2D eigenvalue weighted by atomic mass is 15.2. The van der Waals surface area contributed by atoms with Crippen molar-refractivity contribution in [1.82, 2.24) is 4.98 Å². The van der Waals surface area contributed by atoms with Gasteiger partial charge in [0, 0.05) is 29.0 Å². The van der Waals surface area contributed by atoms with Crippen molar-refractivity contribution in [2.45, 2.75) is 19.9 Å². The summed E-state index contributed by atoms with van der Waals surface area (Å²) in [6, 6.07) is 30.1. The average Bonchev–Trinajstić information content (AvgIpc) is 2.69. The maximum absolute atomic E-state index is 4.47.